The number of likely N-dealkylation sites (tertiary alicyclic amines) is 1. The van der Waals surface area contributed by atoms with E-state index < -0.39 is 0 Å². The number of nitrogens with zero attached hydrogens (tertiary/aromatic N) is 3. The number of piperidine rings is 1. The molecule has 0 spiro atoms. The summed E-state index contributed by atoms with van der Waals surface area (Å²) >= 11 is 0. The van der Waals surface area contributed by atoms with E-state index in [1.807, 2.05) is 15.6 Å². The van der Waals surface area contributed by atoms with E-state index in [1.54, 1.807) is 6.20 Å². The van der Waals surface area contributed by atoms with Crippen LogP contribution in [0.4, 0.5) is 5.82 Å². The zero-order valence-corrected chi connectivity index (χ0v) is 15.3. The quantitative estimate of drug-likeness (QED) is 0.823. The van der Waals surface area contributed by atoms with E-state index in [-0.39, 0.29) is 23.8 Å². The molecule has 2 fully saturated rings. The summed E-state index contributed by atoms with van der Waals surface area (Å²) in [4.78, 5) is 26.6. The highest BCUT2D eigenvalue weighted by Gasteiger charge is 2.31. The molecule has 1 saturated heterocycles. The molecule has 1 aromatic heterocycles. The summed E-state index contributed by atoms with van der Waals surface area (Å²) in [6.45, 7) is 1.54. The van der Waals surface area contributed by atoms with Crippen LogP contribution in [0.15, 0.2) is 23.9 Å². The van der Waals surface area contributed by atoms with Crippen LogP contribution in [0.2, 0.25) is 0 Å². The van der Waals surface area contributed by atoms with E-state index in [9.17, 15) is 9.59 Å². The molecule has 140 valence electrons. The highest BCUT2D eigenvalue weighted by Crippen LogP contribution is 2.31. The lowest BCUT2D eigenvalue weighted by Crippen LogP contribution is -2.39. The van der Waals surface area contributed by atoms with Crippen LogP contribution in [0.5, 0.6) is 0 Å². The van der Waals surface area contributed by atoms with Crippen molar-refractivity contribution in [2.75, 3.05) is 18.4 Å². The molecule has 1 aromatic rings. The molecule has 3 aliphatic rings. The third kappa shape index (κ3) is 4.00. The number of hydrogen-bond donors (Lipinski definition) is 1. The van der Waals surface area contributed by atoms with Crippen molar-refractivity contribution in [2.24, 2.45) is 5.92 Å². The molecule has 1 aliphatic heterocycles. The minimum Gasteiger partial charge on any atom is -0.342 e. The molecule has 2 heterocycles. The van der Waals surface area contributed by atoms with Gasteiger partial charge in [0, 0.05) is 31.5 Å². The number of rotatable bonds is 5. The van der Waals surface area contributed by atoms with Crippen molar-refractivity contribution < 1.29 is 9.59 Å². The van der Waals surface area contributed by atoms with Gasteiger partial charge in [0.15, 0.2) is 0 Å². The first-order valence-electron chi connectivity index (χ1n) is 10.0. The van der Waals surface area contributed by atoms with Gasteiger partial charge in [-0.2, -0.15) is 5.10 Å². The Morgan fingerprint density at radius 2 is 1.96 bits per heavy atom. The third-order valence-electron chi connectivity index (χ3n) is 5.80. The largest absolute Gasteiger partial charge is 0.342 e. The van der Waals surface area contributed by atoms with Crippen LogP contribution in [0.3, 0.4) is 0 Å². The molecular formula is C20H28N4O2. The molecule has 6 nitrogen and oxygen atoms in total. The molecule has 0 atom stereocenters. The Morgan fingerprint density at radius 3 is 2.65 bits per heavy atom. The van der Waals surface area contributed by atoms with Crippen LogP contribution in [0.25, 0.3) is 0 Å². The van der Waals surface area contributed by atoms with E-state index in [0.717, 1.165) is 57.4 Å². The lowest BCUT2D eigenvalue weighted by molar-refractivity contribution is -0.131. The number of aromatic nitrogens is 2. The second-order valence-corrected chi connectivity index (χ2v) is 7.82. The molecule has 2 amide bonds. The first-order chi connectivity index (χ1) is 12.7. The maximum absolute atomic E-state index is 12.6. The summed E-state index contributed by atoms with van der Waals surface area (Å²) in [5, 5.41) is 7.44. The van der Waals surface area contributed by atoms with E-state index >= 15 is 0 Å². The fraction of sp³-hybridized carbons (Fsp3) is 0.650. The normalized spacial score (nSPS) is 21.4. The monoisotopic (exact) mass is 356 g/mol. The summed E-state index contributed by atoms with van der Waals surface area (Å²) in [6.07, 6.45) is 13.0. The van der Waals surface area contributed by atoms with E-state index in [1.165, 1.54) is 18.4 Å². The molecule has 1 N–H and O–H groups in total. The highest BCUT2D eigenvalue weighted by atomic mass is 16.2. The van der Waals surface area contributed by atoms with Crippen LogP contribution >= 0.6 is 0 Å². The Labute approximate surface area is 154 Å². The van der Waals surface area contributed by atoms with Crippen LogP contribution in [-0.4, -0.2) is 39.6 Å². The van der Waals surface area contributed by atoms with Gasteiger partial charge >= 0.3 is 0 Å². The number of amides is 2. The lowest BCUT2D eigenvalue weighted by atomic mass is 9.96. The minimum absolute atomic E-state index is 0.111. The van der Waals surface area contributed by atoms with Gasteiger partial charge in [-0.1, -0.05) is 11.6 Å². The van der Waals surface area contributed by atoms with Crippen LogP contribution in [0, 0.1) is 5.92 Å². The third-order valence-corrected chi connectivity index (χ3v) is 5.80. The Morgan fingerprint density at radius 1 is 1.15 bits per heavy atom. The Hall–Kier alpha value is -2.11. The van der Waals surface area contributed by atoms with Crippen molar-refractivity contribution in [1.82, 2.24) is 14.7 Å². The Balaban J connectivity index is 1.31. The van der Waals surface area contributed by atoms with Crippen LogP contribution in [-0.2, 0) is 9.59 Å². The lowest BCUT2D eigenvalue weighted by Gasteiger charge is -2.33. The number of nitrogens with one attached hydrogen (secondary N) is 1. The molecule has 0 bridgehead atoms. The number of anilines is 1. The maximum atomic E-state index is 12.6. The smallest absolute Gasteiger partial charge is 0.228 e. The van der Waals surface area contributed by atoms with Crippen molar-refractivity contribution in [3.05, 3.63) is 23.9 Å². The standard InChI is InChI=1S/C20H28N4O2/c25-19(14-15-4-2-1-3-5-15)23-12-9-17(10-13-23)24-18(8-11-21-24)22-20(26)16-6-7-16/h4,8,11,16-17H,1-3,5-7,9-10,12-14H2,(H,22,26). The van der Waals surface area contributed by atoms with Crippen LogP contribution < -0.4 is 5.32 Å². The predicted molar refractivity (Wildman–Crippen MR) is 99.6 cm³/mol. The highest BCUT2D eigenvalue weighted by molar-refractivity contribution is 5.93. The number of carbonyl (C=O) groups is 2. The molecule has 4 rings (SSSR count). The molecule has 0 radical (unpaired) electrons. The summed E-state index contributed by atoms with van der Waals surface area (Å²) in [5.41, 5.74) is 1.32. The topological polar surface area (TPSA) is 67.2 Å². The second-order valence-electron chi connectivity index (χ2n) is 7.82. The fourth-order valence-corrected chi connectivity index (χ4v) is 4.01. The number of carbonyl (C=O) groups excluding carboxylic acids is 2. The van der Waals surface area contributed by atoms with Gasteiger partial charge in [0.2, 0.25) is 11.8 Å². The first-order valence-corrected chi connectivity index (χ1v) is 10.0. The predicted octanol–water partition coefficient (Wildman–Crippen LogP) is 3.29. The summed E-state index contributed by atoms with van der Waals surface area (Å²) in [7, 11) is 0. The SMILES string of the molecule is O=C(Nc1ccnn1C1CCN(C(=O)CC2=CCCCC2)CC1)C1CC1. The van der Waals surface area contributed by atoms with Crippen molar-refractivity contribution in [3.8, 4) is 0 Å². The second kappa shape index (κ2) is 7.64. The van der Waals surface area contributed by atoms with Crippen molar-refractivity contribution in [1.29, 1.82) is 0 Å². The van der Waals surface area contributed by atoms with E-state index in [2.05, 4.69) is 16.5 Å². The Kier molecular flexibility index (Phi) is 5.09. The van der Waals surface area contributed by atoms with Crippen LogP contribution in [0.1, 0.15) is 63.8 Å². The van der Waals surface area contributed by atoms with Gasteiger partial charge in [-0.25, -0.2) is 4.68 Å². The van der Waals surface area contributed by atoms with Crippen molar-refractivity contribution >= 4 is 17.6 Å². The number of hydrogen-bond acceptors (Lipinski definition) is 3. The summed E-state index contributed by atoms with van der Waals surface area (Å²) in [5.74, 6) is 1.35. The van der Waals surface area contributed by atoms with Crippen molar-refractivity contribution in [2.45, 2.75) is 63.8 Å². The fourth-order valence-electron chi connectivity index (χ4n) is 4.01. The first kappa shape index (κ1) is 17.3. The average Bonchev–Trinajstić information content (AvgIpc) is 3.43. The van der Waals surface area contributed by atoms with Gasteiger partial charge in [0.25, 0.3) is 0 Å². The van der Waals surface area contributed by atoms with Gasteiger partial charge in [-0.15, -0.1) is 0 Å². The minimum atomic E-state index is 0.111. The summed E-state index contributed by atoms with van der Waals surface area (Å²) in [6, 6.07) is 2.12. The molecular weight excluding hydrogens is 328 g/mol. The van der Waals surface area contributed by atoms with Gasteiger partial charge in [-0.3, -0.25) is 9.59 Å². The Bertz CT molecular complexity index is 696. The van der Waals surface area contributed by atoms with Gasteiger partial charge in [-0.05, 0) is 51.4 Å². The molecule has 2 aliphatic carbocycles. The molecule has 26 heavy (non-hydrogen) atoms. The number of allylic oxidation sites excluding steroid dienone is 1. The van der Waals surface area contributed by atoms with E-state index in [4.69, 9.17) is 0 Å². The zero-order chi connectivity index (χ0) is 17.9. The maximum Gasteiger partial charge on any atom is 0.228 e. The molecule has 1 saturated carbocycles. The van der Waals surface area contributed by atoms with E-state index in [0.29, 0.717) is 6.42 Å². The molecule has 0 unspecified atom stereocenters. The van der Waals surface area contributed by atoms with Gasteiger partial charge < -0.3 is 10.2 Å². The molecule has 6 heteroatoms. The van der Waals surface area contributed by atoms with Gasteiger partial charge in [0.1, 0.15) is 5.82 Å². The average molecular weight is 356 g/mol. The van der Waals surface area contributed by atoms with Gasteiger partial charge in [0.05, 0.1) is 12.2 Å². The van der Waals surface area contributed by atoms with Crippen molar-refractivity contribution in [3.63, 3.8) is 0 Å². The zero-order valence-electron chi connectivity index (χ0n) is 15.3. The molecule has 0 aromatic carbocycles. The summed E-state index contributed by atoms with van der Waals surface area (Å²) < 4.78 is 1.94.